The molecule has 7 nitrogen and oxygen atoms in total. The number of nitro benzene ring substituents is 1. The fourth-order valence-corrected chi connectivity index (χ4v) is 3.86. The number of para-hydroxylation sites is 1. The van der Waals surface area contributed by atoms with Crippen LogP contribution in [0.1, 0.15) is 33.6 Å². The molecule has 0 spiro atoms. The Morgan fingerprint density at radius 2 is 1.95 bits per heavy atom. The summed E-state index contributed by atoms with van der Waals surface area (Å²) in [7, 11) is -2.47. The number of anilines is 1. The van der Waals surface area contributed by atoms with Gasteiger partial charge in [0.1, 0.15) is 5.69 Å². The Kier molecular flexibility index (Phi) is 5.30. The monoisotopic (exact) mass is 315 g/mol. The molecule has 0 aliphatic carbocycles. The molecular formula is C13H21N3O4S. The van der Waals surface area contributed by atoms with Gasteiger partial charge in [0.2, 0.25) is 10.0 Å². The highest BCUT2D eigenvalue weighted by atomic mass is 32.2. The van der Waals surface area contributed by atoms with Crippen LogP contribution in [0.15, 0.2) is 23.1 Å². The van der Waals surface area contributed by atoms with E-state index in [2.05, 4.69) is 10.0 Å². The third-order valence-electron chi connectivity index (χ3n) is 3.03. The van der Waals surface area contributed by atoms with E-state index in [1.807, 2.05) is 6.92 Å². The maximum atomic E-state index is 12.5. The van der Waals surface area contributed by atoms with E-state index in [0.29, 0.717) is 6.42 Å². The van der Waals surface area contributed by atoms with Crippen molar-refractivity contribution in [3.63, 3.8) is 0 Å². The maximum Gasteiger partial charge on any atom is 0.312 e. The van der Waals surface area contributed by atoms with Crippen LogP contribution in [0.2, 0.25) is 0 Å². The van der Waals surface area contributed by atoms with Gasteiger partial charge >= 0.3 is 5.69 Å². The molecule has 2 N–H and O–H groups in total. The summed E-state index contributed by atoms with van der Waals surface area (Å²) < 4.78 is 27.5. The van der Waals surface area contributed by atoms with E-state index in [4.69, 9.17) is 0 Å². The van der Waals surface area contributed by atoms with Crippen LogP contribution in [0, 0.1) is 10.1 Å². The van der Waals surface area contributed by atoms with Crippen molar-refractivity contribution in [2.45, 2.75) is 44.0 Å². The molecular weight excluding hydrogens is 294 g/mol. The first kappa shape index (κ1) is 17.4. The third kappa shape index (κ3) is 4.15. The molecule has 21 heavy (non-hydrogen) atoms. The lowest BCUT2D eigenvalue weighted by Gasteiger charge is -2.25. The van der Waals surface area contributed by atoms with E-state index in [9.17, 15) is 18.5 Å². The van der Waals surface area contributed by atoms with Crippen molar-refractivity contribution in [2.24, 2.45) is 0 Å². The Hall–Kier alpha value is -1.67. The second-order valence-electron chi connectivity index (χ2n) is 5.40. The molecule has 0 aliphatic heterocycles. The molecule has 0 aliphatic rings. The molecule has 0 heterocycles. The van der Waals surface area contributed by atoms with Crippen LogP contribution < -0.4 is 10.0 Å². The van der Waals surface area contributed by atoms with E-state index in [1.54, 1.807) is 13.8 Å². The van der Waals surface area contributed by atoms with Crippen molar-refractivity contribution in [1.82, 2.24) is 4.72 Å². The number of benzene rings is 1. The number of nitrogens with zero attached hydrogens (tertiary/aromatic N) is 1. The van der Waals surface area contributed by atoms with Crippen molar-refractivity contribution in [1.29, 1.82) is 0 Å². The lowest BCUT2D eigenvalue weighted by atomic mass is 10.0. The van der Waals surface area contributed by atoms with Gasteiger partial charge in [-0.2, -0.15) is 0 Å². The second kappa shape index (κ2) is 6.40. The van der Waals surface area contributed by atoms with E-state index >= 15 is 0 Å². The second-order valence-corrected chi connectivity index (χ2v) is 7.05. The SMILES string of the molecule is CCCC(C)(C)NS(=O)(=O)c1cccc(NC)c1[N+](=O)[O-]. The summed E-state index contributed by atoms with van der Waals surface area (Å²) in [5, 5.41) is 13.9. The van der Waals surface area contributed by atoms with Crippen LogP contribution in [-0.2, 0) is 10.0 Å². The first-order valence-corrected chi connectivity index (χ1v) is 8.12. The van der Waals surface area contributed by atoms with E-state index in [-0.39, 0.29) is 10.6 Å². The van der Waals surface area contributed by atoms with Gasteiger partial charge in [0.05, 0.1) is 4.92 Å². The van der Waals surface area contributed by atoms with Gasteiger partial charge in [-0.05, 0) is 32.4 Å². The van der Waals surface area contributed by atoms with Gasteiger partial charge in [-0.25, -0.2) is 13.1 Å². The van der Waals surface area contributed by atoms with E-state index in [0.717, 1.165) is 6.42 Å². The molecule has 0 saturated heterocycles. The summed E-state index contributed by atoms with van der Waals surface area (Å²) in [6.45, 7) is 5.45. The van der Waals surface area contributed by atoms with Crippen molar-refractivity contribution in [2.75, 3.05) is 12.4 Å². The highest BCUT2D eigenvalue weighted by Crippen LogP contribution is 2.32. The molecule has 8 heteroatoms. The normalized spacial score (nSPS) is 12.2. The molecule has 0 unspecified atom stereocenters. The Morgan fingerprint density at radius 1 is 1.33 bits per heavy atom. The van der Waals surface area contributed by atoms with Crippen molar-refractivity contribution >= 4 is 21.4 Å². The van der Waals surface area contributed by atoms with Crippen molar-refractivity contribution in [3.8, 4) is 0 Å². The maximum absolute atomic E-state index is 12.5. The predicted octanol–water partition coefficient (Wildman–Crippen LogP) is 2.49. The zero-order valence-electron chi connectivity index (χ0n) is 12.6. The zero-order valence-corrected chi connectivity index (χ0v) is 13.5. The topological polar surface area (TPSA) is 101 Å². The number of hydrogen-bond donors (Lipinski definition) is 2. The zero-order chi connectivity index (χ0) is 16.3. The quantitative estimate of drug-likeness (QED) is 0.594. The molecule has 0 atom stereocenters. The van der Waals surface area contributed by atoms with Gasteiger partial charge in [0.25, 0.3) is 0 Å². The molecule has 0 amide bonds. The Labute approximate surface area is 124 Å². The first-order chi connectivity index (χ1) is 9.64. The van der Waals surface area contributed by atoms with Crippen LogP contribution in [0.3, 0.4) is 0 Å². The number of nitro groups is 1. The molecule has 1 rings (SSSR count). The Morgan fingerprint density at radius 3 is 2.43 bits per heavy atom. The van der Waals surface area contributed by atoms with Gasteiger partial charge in [0, 0.05) is 12.6 Å². The molecule has 1 aromatic rings. The van der Waals surface area contributed by atoms with Crippen LogP contribution in [0.5, 0.6) is 0 Å². The molecule has 0 aromatic heterocycles. The minimum atomic E-state index is -3.98. The van der Waals surface area contributed by atoms with Gasteiger partial charge in [0.15, 0.2) is 4.90 Å². The molecule has 0 fully saturated rings. The van der Waals surface area contributed by atoms with Gasteiger partial charge in [-0.3, -0.25) is 10.1 Å². The van der Waals surface area contributed by atoms with Crippen LogP contribution in [-0.4, -0.2) is 25.9 Å². The number of hydrogen-bond acceptors (Lipinski definition) is 5. The Bertz CT molecular complexity index is 626. The summed E-state index contributed by atoms with van der Waals surface area (Å²) in [6, 6.07) is 4.18. The van der Waals surface area contributed by atoms with Gasteiger partial charge in [-0.1, -0.05) is 19.4 Å². The lowest BCUT2D eigenvalue weighted by molar-refractivity contribution is -0.386. The van der Waals surface area contributed by atoms with E-state index in [1.165, 1.54) is 25.2 Å². The minimum Gasteiger partial charge on any atom is -0.383 e. The number of sulfonamides is 1. The number of rotatable bonds is 7. The summed E-state index contributed by atoms with van der Waals surface area (Å²) in [6.07, 6.45) is 1.43. The first-order valence-electron chi connectivity index (χ1n) is 6.64. The van der Waals surface area contributed by atoms with Crippen LogP contribution in [0.25, 0.3) is 0 Å². The highest BCUT2D eigenvalue weighted by molar-refractivity contribution is 7.89. The van der Waals surface area contributed by atoms with Crippen molar-refractivity contribution in [3.05, 3.63) is 28.3 Å². The minimum absolute atomic E-state index is 0.163. The fourth-order valence-electron chi connectivity index (χ4n) is 2.22. The largest absolute Gasteiger partial charge is 0.383 e. The van der Waals surface area contributed by atoms with Crippen LogP contribution in [0.4, 0.5) is 11.4 Å². The Balaban J connectivity index is 3.36. The highest BCUT2D eigenvalue weighted by Gasteiger charge is 2.32. The average Bonchev–Trinajstić information content (AvgIpc) is 2.36. The number of nitrogens with one attached hydrogen (secondary N) is 2. The van der Waals surface area contributed by atoms with Gasteiger partial charge < -0.3 is 5.32 Å². The molecule has 0 bridgehead atoms. The lowest BCUT2D eigenvalue weighted by Crippen LogP contribution is -2.43. The molecule has 0 saturated carbocycles. The van der Waals surface area contributed by atoms with Gasteiger partial charge in [-0.15, -0.1) is 0 Å². The molecule has 118 valence electrons. The summed E-state index contributed by atoms with van der Waals surface area (Å²) >= 11 is 0. The smallest absolute Gasteiger partial charge is 0.312 e. The summed E-state index contributed by atoms with van der Waals surface area (Å²) in [4.78, 5) is 10.2. The summed E-state index contributed by atoms with van der Waals surface area (Å²) in [5.41, 5.74) is -0.951. The third-order valence-corrected chi connectivity index (χ3v) is 4.76. The molecule has 1 aromatic carbocycles. The standard InChI is InChI=1S/C13H21N3O4S/c1-5-9-13(2,3)15-21(19,20)11-8-6-7-10(14-4)12(11)16(17)18/h6-8,14-15H,5,9H2,1-4H3. The fraction of sp³-hybridized carbons (Fsp3) is 0.538. The van der Waals surface area contributed by atoms with Crippen LogP contribution >= 0.6 is 0 Å². The predicted molar refractivity (Wildman–Crippen MR) is 82.0 cm³/mol. The average molecular weight is 315 g/mol. The van der Waals surface area contributed by atoms with E-state index < -0.39 is 26.2 Å². The molecule has 0 radical (unpaired) electrons. The van der Waals surface area contributed by atoms with Crippen molar-refractivity contribution < 1.29 is 13.3 Å². The summed E-state index contributed by atoms with van der Waals surface area (Å²) in [5.74, 6) is 0.